The lowest BCUT2D eigenvalue weighted by atomic mass is 9.76. The highest BCUT2D eigenvalue weighted by Crippen LogP contribution is 2.17. The Morgan fingerprint density at radius 3 is 2.63 bits per heavy atom. The van der Waals surface area contributed by atoms with Crippen molar-refractivity contribution < 1.29 is 24.7 Å². The van der Waals surface area contributed by atoms with Gasteiger partial charge in [0.15, 0.2) is 0 Å². The second kappa shape index (κ2) is 8.48. The van der Waals surface area contributed by atoms with Crippen molar-refractivity contribution in [2.45, 2.75) is 19.0 Å². The number of carboxylic acids is 1. The molecule has 8 nitrogen and oxygen atoms in total. The maximum Gasteiger partial charge on any atom is 0.478 e. The molecule has 0 bridgehead atoms. The summed E-state index contributed by atoms with van der Waals surface area (Å²) in [7, 11) is -1.69. The number of nitrogens with zero attached hydrogens (tertiary/aromatic N) is 3. The molecule has 3 aromatic rings. The fourth-order valence-electron chi connectivity index (χ4n) is 2.62. The zero-order valence-electron chi connectivity index (χ0n) is 14.3. The number of aromatic nitrogens is 3. The van der Waals surface area contributed by atoms with Crippen LogP contribution in [0.1, 0.15) is 27.6 Å². The molecule has 0 saturated carbocycles. The molecule has 3 rings (SSSR count). The van der Waals surface area contributed by atoms with Crippen molar-refractivity contribution in [1.29, 1.82) is 0 Å². The Labute approximate surface area is 155 Å². The van der Waals surface area contributed by atoms with E-state index in [1.807, 2.05) is 30.3 Å². The van der Waals surface area contributed by atoms with Crippen molar-refractivity contribution in [3.05, 3.63) is 77.6 Å². The fourth-order valence-corrected chi connectivity index (χ4v) is 2.62. The maximum atomic E-state index is 11.1. The first-order valence-electron chi connectivity index (χ1n) is 8.30. The summed E-state index contributed by atoms with van der Waals surface area (Å²) in [5.74, 6) is -1.16. The van der Waals surface area contributed by atoms with E-state index in [1.54, 1.807) is 18.3 Å². The van der Waals surface area contributed by atoms with E-state index in [0.717, 1.165) is 0 Å². The van der Waals surface area contributed by atoms with E-state index in [9.17, 15) is 14.8 Å². The van der Waals surface area contributed by atoms with Gasteiger partial charge in [0.1, 0.15) is 18.1 Å². The van der Waals surface area contributed by atoms with Gasteiger partial charge in [0.25, 0.3) is 0 Å². The molecule has 1 aromatic heterocycles. The number of para-hydroxylation sites is 1. The van der Waals surface area contributed by atoms with Gasteiger partial charge in [-0.15, -0.1) is 5.10 Å². The molecule has 0 radical (unpaired) electrons. The molecule has 1 atom stereocenters. The topological polar surface area (TPSA) is 118 Å². The minimum absolute atomic E-state index is 0.134. The van der Waals surface area contributed by atoms with Crippen molar-refractivity contribution in [2.24, 2.45) is 0 Å². The quantitative estimate of drug-likeness (QED) is 0.515. The van der Waals surface area contributed by atoms with E-state index in [1.165, 1.54) is 16.8 Å². The molecular weight excluding hydrogens is 349 g/mol. The highest BCUT2D eigenvalue weighted by molar-refractivity contribution is 6.42. The average Bonchev–Trinajstić information content (AvgIpc) is 3.14. The van der Waals surface area contributed by atoms with Gasteiger partial charge in [0, 0.05) is 0 Å². The smallest absolute Gasteiger partial charge is 0.478 e. The summed E-state index contributed by atoms with van der Waals surface area (Å²) in [6.07, 6.45) is 1.76. The van der Waals surface area contributed by atoms with E-state index in [2.05, 4.69) is 10.3 Å². The number of hydrogen-bond acceptors (Lipinski definition) is 6. The molecule has 0 aliphatic carbocycles. The Morgan fingerprint density at radius 1 is 1.15 bits per heavy atom. The highest BCUT2D eigenvalue weighted by atomic mass is 16.5. The Morgan fingerprint density at radius 2 is 1.93 bits per heavy atom. The summed E-state index contributed by atoms with van der Waals surface area (Å²) in [5, 5.41) is 36.5. The van der Waals surface area contributed by atoms with E-state index in [4.69, 9.17) is 9.84 Å². The molecule has 3 N–H and O–H groups in total. The average molecular weight is 367 g/mol. The summed E-state index contributed by atoms with van der Waals surface area (Å²) in [6, 6.07) is 15.5. The van der Waals surface area contributed by atoms with Crippen molar-refractivity contribution >= 4 is 13.1 Å². The van der Waals surface area contributed by atoms with Gasteiger partial charge in [-0.2, -0.15) is 0 Å². The van der Waals surface area contributed by atoms with Gasteiger partial charge in [-0.05, 0) is 36.2 Å². The lowest BCUT2D eigenvalue weighted by Gasteiger charge is -2.16. The third-order valence-corrected chi connectivity index (χ3v) is 3.99. The first-order chi connectivity index (χ1) is 13.0. The first kappa shape index (κ1) is 18.6. The number of hydrogen-bond donors (Lipinski definition) is 3. The van der Waals surface area contributed by atoms with Crippen molar-refractivity contribution in [2.75, 3.05) is 0 Å². The van der Waals surface area contributed by atoms with Crippen LogP contribution in [0.4, 0.5) is 0 Å². The Kier molecular flexibility index (Phi) is 5.85. The lowest BCUT2D eigenvalue weighted by Crippen LogP contribution is -2.31. The highest BCUT2D eigenvalue weighted by Gasteiger charge is 2.27. The number of carbonyl (C=O) groups is 1. The predicted molar refractivity (Wildman–Crippen MR) is 97.1 cm³/mol. The van der Waals surface area contributed by atoms with Crippen LogP contribution in [-0.4, -0.2) is 43.2 Å². The normalized spacial score (nSPS) is 11.8. The molecule has 0 amide bonds. The van der Waals surface area contributed by atoms with Crippen LogP contribution in [-0.2, 0) is 13.0 Å². The number of carboxylic acid groups (broad SMARTS) is 1. The number of benzene rings is 2. The van der Waals surface area contributed by atoms with Crippen LogP contribution in [0.25, 0.3) is 0 Å². The van der Waals surface area contributed by atoms with Crippen LogP contribution in [0.15, 0.2) is 60.8 Å². The van der Waals surface area contributed by atoms with Gasteiger partial charge >= 0.3 is 13.1 Å². The van der Waals surface area contributed by atoms with Crippen molar-refractivity contribution in [1.82, 2.24) is 15.0 Å². The van der Waals surface area contributed by atoms with Crippen LogP contribution in [0, 0.1) is 0 Å². The molecule has 0 aliphatic heterocycles. The van der Waals surface area contributed by atoms with Crippen LogP contribution < -0.4 is 4.74 Å². The van der Waals surface area contributed by atoms with Crippen LogP contribution >= 0.6 is 0 Å². The third-order valence-electron chi connectivity index (χ3n) is 3.99. The van der Waals surface area contributed by atoms with Gasteiger partial charge in [-0.3, -0.25) is 4.68 Å². The van der Waals surface area contributed by atoms with Gasteiger partial charge in [0.2, 0.25) is 0 Å². The van der Waals surface area contributed by atoms with Crippen molar-refractivity contribution in [3.8, 4) is 5.75 Å². The van der Waals surface area contributed by atoms with Gasteiger partial charge in [-0.25, -0.2) is 4.79 Å². The van der Waals surface area contributed by atoms with E-state index >= 15 is 0 Å². The fraction of sp³-hybridized carbons (Fsp3) is 0.167. The first-order valence-corrected chi connectivity index (χ1v) is 8.30. The molecule has 2 aromatic carbocycles. The monoisotopic (exact) mass is 367 g/mol. The molecule has 0 fully saturated rings. The SMILES string of the molecule is O=C(O)c1cccc(CC(B(O)O)n2cc(COc3ccccc3)nn2)c1. The molecular formula is C18H18BN3O5. The number of rotatable bonds is 8. The summed E-state index contributed by atoms with van der Waals surface area (Å²) in [5.41, 5.74) is 1.31. The van der Waals surface area contributed by atoms with E-state index in [0.29, 0.717) is 17.0 Å². The van der Waals surface area contributed by atoms with Crippen LogP contribution in [0.5, 0.6) is 5.75 Å². The molecule has 138 valence electrons. The van der Waals surface area contributed by atoms with E-state index in [-0.39, 0.29) is 18.6 Å². The summed E-state index contributed by atoms with van der Waals surface area (Å²) in [6.45, 7) is 0.187. The molecule has 0 aliphatic rings. The van der Waals surface area contributed by atoms with Gasteiger partial charge < -0.3 is 19.9 Å². The van der Waals surface area contributed by atoms with Gasteiger partial charge in [-0.1, -0.05) is 35.5 Å². The Hall–Kier alpha value is -3.17. The van der Waals surface area contributed by atoms with Crippen LogP contribution in [0.2, 0.25) is 0 Å². The summed E-state index contributed by atoms with van der Waals surface area (Å²) in [4.78, 5) is 11.1. The molecule has 27 heavy (non-hydrogen) atoms. The second-order valence-corrected chi connectivity index (χ2v) is 5.98. The lowest BCUT2D eigenvalue weighted by molar-refractivity contribution is 0.0696. The Bertz CT molecular complexity index is 901. The largest absolute Gasteiger partial charge is 0.487 e. The zero-order valence-corrected chi connectivity index (χ0v) is 14.3. The summed E-state index contributed by atoms with van der Waals surface area (Å²) >= 11 is 0. The molecule has 9 heteroatoms. The van der Waals surface area contributed by atoms with Crippen molar-refractivity contribution in [3.63, 3.8) is 0 Å². The maximum absolute atomic E-state index is 11.1. The van der Waals surface area contributed by atoms with Crippen LogP contribution in [0.3, 0.4) is 0 Å². The number of aromatic carboxylic acids is 1. The van der Waals surface area contributed by atoms with E-state index < -0.39 is 19.0 Å². The minimum Gasteiger partial charge on any atom is -0.487 e. The standard InChI is InChI=1S/C18H18BN3O5/c23-18(24)14-6-4-5-13(9-14)10-17(19(25)26)22-11-15(20-21-22)12-27-16-7-2-1-3-8-16/h1-9,11,17,25-26H,10,12H2,(H,23,24). The molecule has 0 spiro atoms. The van der Waals surface area contributed by atoms with Gasteiger partial charge in [0.05, 0.1) is 17.7 Å². The molecule has 1 unspecified atom stereocenters. The minimum atomic E-state index is -1.69. The third kappa shape index (κ3) is 4.93. The predicted octanol–water partition coefficient (Wildman–Crippen LogP) is 1.35. The zero-order chi connectivity index (χ0) is 19.2. The summed E-state index contributed by atoms with van der Waals surface area (Å²) < 4.78 is 6.95. The Balaban J connectivity index is 1.71. The number of ether oxygens (including phenoxy) is 1. The second-order valence-electron chi connectivity index (χ2n) is 5.98. The molecule has 0 saturated heterocycles. The molecule has 1 heterocycles.